The smallest absolute Gasteiger partial charge is 0.310 e. The van der Waals surface area contributed by atoms with Crippen LogP contribution in [0, 0.1) is 10.1 Å². The van der Waals surface area contributed by atoms with E-state index < -0.39 is 4.92 Å². The fourth-order valence-corrected chi connectivity index (χ4v) is 1.98. The summed E-state index contributed by atoms with van der Waals surface area (Å²) in [6.45, 7) is 0.586. The van der Waals surface area contributed by atoms with E-state index in [0.717, 1.165) is 19.3 Å². The molecule has 0 saturated carbocycles. The number of esters is 1. The van der Waals surface area contributed by atoms with Gasteiger partial charge in [0, 0.05) is 13.0 Å². The number of carbonyl (C=O) groups is 1. The normalized spacial score (nSPS) is 10.1. The number of nitrogens with one attached hydrogen (secondary N) is 1. The number of nitro benzene ring substituents is 1. The number of halogens is 1. The number of nitro groups is 1. The van der Waals surface area contributed by atoms with E-state index in [4.69, 9.17) is 11.6 Å². The Bertz CT molecular complexity index is 479. The number of carbonyl (C=O) groups excluding carboxylic acids is 1. The van der Waals surface area contributed by atoms with Gasteiger partial charge in [0.1, 0.15) is 10.7 Å². The number of para-hydroxylation sites is 1. The maximum absolute atomic E-state index is 10.9. The molecule has 7 heteroatoms. The van der Waals surface area contributed by atoms with E-state index in [9.17, 15) is 14.9 Å². The number of anilines is 1. The largest absolute Gasteiger partial charge is 0.469 e. The van der Waals surface area contributed by atoms with Crippen molar-refractivity contribution in [3.63, 3.8) is 0 Å². The Balaban J connectivity index is 2.37. The molecule has 1 aromatic rings. The summed E-state index contributed by atoms with van der Waals surface area (Å²) in [6.07, 6.45) is 2.79. The Kier molecular flexibility index (Phi) is 6.79. The number of hydrogen-bond acceptors (Lipinski definition) is 5. The summed E-state index contributed by atoms with van der Waals surface area (Å²) in [5.41, 5.74) is 0.305. The third-order valence-corrected chi connectivity index (χ3v) is 3.08. The zero-order valence-corrected chi connectivity index (χ0v) is 12.0. The standard InChI is InChI=1S/C13H17ClN2O4/c1-20-12(17)8-3-2-4-9-15-11-7-5-6-10(14)13(11)16(18)19/h5-7,15H,2-4,8-9H2,1H3. The molecule has 0 aliphatic heterocycles. The van der Waals surface area contributed by atoms with Crippen LogP contribution in [0.4, 0.5) is 11.4 Å². The van der Waals surface area contributed by atoms with Crippen molar-refractivity contribution >= 4 is 28.9 Å². The number of nitrogens with zero attached hydrogens (tertiary/aromatic N) is 1. The van der Waals surface area contributed by atoms with E-state index in [-0.39, 0.29) is 16.7 Å². The van der Waals surface area contributed by atoms with Crippen LogP contribution in [0.15, 0.2) is 18.2 Å². The fourth-order valence-electron chi connectivity index (χ4n) is 1.74. The summed E-state index contributed by atoms with van der Waals surface area (Å²) in [6, 6.07) is 4.77. The summed E-state index contributed by atoms with van der Waals surface area (Å²) in [5, 5.41) is 14.0. The minimum absolute atomic E-state index is 0.108. The maximum Gasteiger partial charge on any atom is 0.310 e. The Morgan fingerprint density at radius 1 is 1.40 bits per heavy atom. The molecular weight excluding hydrogens is 284 g/mol. The van der Waals surface area contributed by atoms with Gasteiger partial charge in [0.2, 0.25) is 0 Å². The zero-order valence-electron chi connectivity index (χ0n) is 11.2. The molecule has 0 saturated heterocycles. The highest BCUT2D eigenvalue weighted by Gasteiger charge is 2.17. The van der Waals surface area contributed by atoms with Crippen LogP contribution in [0.25, 0.3) is 0 Å². The van der Waals surface area contributed by atoms with Crippen LogP contribution in [0.2, 0.25) is 5.02 Å². The van der Waals surface area contributed by atoms with Crippen molar-refractivity contribution in [3.05, 3.63) is 33.3 Å². The second-order valence-corrected chi connectivity index (χ2v) is 4.61. The number of methoxy groups -OCH3 is 1. The van der Waals surface area contributed by atoms with Crippen molar-refractivity contribution in [3.8, 4) is 0 Å². The van der Waals surface area contributed by atoms with Gasteiger partial charge in [-0.15, -0.1) is 0 Å². The van der Waals surface area contributed by atoms with Crippen molar-refractivity contribution in [2.24, 2.45) is 0 Å². The summed E-state index contributed by atoms with van der Waals surface area (Å²) in [7, 11) is 1.36. The first-order valence-electron chi connectivity index (χ1n) is 6.30. The van der Waals surface area contributed by atoms with Crippen LogP contribution in [0.5, 0.6) is 0 Å². The average molecular weight is 301 g/mol. The molecule has 20 heavy (non-hydrogen) atoms. The predicted octanol–water partition coefficient (Wildman–Crippen LogP) is 3.39. The molecule has 0 fully saturated rings. The molecule has 110 valence electrons. The van der Waals surface area contributed by atoms with Gasteiger partial charge in [-0.3, -0.25) is 14.9 Å². The van der Waals surface area contributed by atoms with Crippen molar-refractivity contribution in [2.45, 2.75) is 25.7 Å². The molecule has 0 radical (unpaired) electrons. The lowest BCUT2D eigenvalue weighted by Gasteiger charge is -2.07. The third kappa shape index (κ3) is 5.05. The van der Waals surface area contributed by atoms with Gasteiger partial charge in [-0.1, -0.05) is 24.1 Å². The molecule has 0 bridgehead atoms. The second-order valence-electron chi connectivity index (χ2n) is 4.21. The fraction of sp³-hybridized carbons (Fsp3) is 0.462. The first-order valence-corrected chi connectivity index (χ1v) is 6.67. The first kappa shape index (κ1) is 16.2. The molecule has 6 nitrogen and oxygen atoms in total. The number of hydrogen-bond donors (Lipinski definition) is 1. The first-order chi connectivity index (χ1) is 9.56. The monoisotopic (exact) mass is 300 g/mol. The van der Waals surface area contributed by atoms with Gasteiger partial charge in [-0.05, 0) is 25.0 Å². The minimum atomic E-state index is -0.498. The van der Waals surface area contributed by atoms with Gasteiger partial charge in [-0.2, -0.15) is 0 Å². The summed E-state index contributed by atoms with van der Waals surface area (Å²) < 4.78 is 4.54. The molecule has 0 amide bonds. The highest BCUT2D eigenvalue weighted by Crippen LogP contribution is 2.32. The van der Waals surface area contributed by atoms with Crippen LogP contribution in [-0.2, 0) is 9.53 Å². The SMILES string of the molecule is COC(=O)CCCCCNc1cccc(Cl)c1[N+](=O)[O-]. The summed E-state index contributed by atoms with van der Waals surface area (Å²) in [4.78, 5) is 21.3. The van der Waals surface area contributed by atoms with E-state index in [2.05, 4.69) is 10.1 Å². The van der Waals surface area contributed by atoms with Crippen molar-refractivity contribution in [2.75, 3.05) is 19.0 Å². The molecule has 0 aromatic heterocycles. The van der Waals surface area contributed by atoms with Crippen molar-refractivity contribution in [1.29, 1.82) is 0 Å². The molecule has 0 heterocycles. The van der Waals surface area contributed by atoms with E-state index in [1.165, 1.54) is 13.2 Å². The van der Waals surface area contributed by atoms with Gasteiger partial charge in [0.15, 0.2) is 0 Å². The quantitative estimate of drug-likeness (QED) is 0.344. The Hall–Kier alpha value is -1.82. The van der Waals surface area contributed by atoms with Gasteiger partial charge in [-0.25, -0.2) is 0 Å². The van der Waals surface area contributed by atoms with Crippen molar-refractivity contribution < 1.29 is 14.5 Å². The number of unbranched alkanes of at least 4 members (excludes halogenated alkanes) is 2. The number of benzene rings is 1. The molecular formula is C13H17ClN2O4. The van der Waals surface area contributed by atoms with Gasteiger partial charge in [0.25, 0.3) is 0 Å². The molecule has 0 unspecified atom stereocenters. The van der Waals surface area contributed by atoms with Crippen LogP contribution in [-0.4, -0.2) is 24.5 Å². The van der Waals surface area contributed by atoms with Gasteiger partial charge >= 0.3 is 11.7 Å². The Morgan fingerprint density at radius 3 is 2.80 bits per heavy atom. The average Bonchev–Trinajstić information content (AvgIpc) is 2.41. The molecule has 1 rings (SSSR count). The lowest BCUT2D eigenvalue weighted by Crippen LogP contribution is -2.05. The highest BCUT2D eigenvalue weighted by atomic mass is 35.5. The molecule has 1 aromatic carbocycles. The molecule has 0 aliphatic rings. The Morgan fingerprint density at radius 2 is 2.15 bits per heavy atom. The van der Waals surface area contributed by atoms with Gasteiger partial charge in [0.05, 0.1) is 12.0 Å². The van der Waals surface area contributed by atoms with E-state index in [1.807, 2.05) is 0 Å². The molecule has 1 N–H and O–H groups in total. The molecule has 0 atom stereocenters. The van der Waals surface area contributed by atoms with E-state index in [0.29, 0.717) is 18.7 Å². The summed E-state index contributed by atoms with van der Waals surface area (Å²) >= 11 is 5.80. The predicted molar refractivity (Wildman–Crippen MR) is 77.1 cm³/mol. The molecule has 0 aliphatic carbocycles. The minimum Gasteiger partial charge on any atom is -0.469 e. The molecule has 0 spiro atoms. The van der Waals surface area contributed by atoms with Crippen molar-refractivity contribution in [1.82, 2.24) is 0 Å². The Labute approximate surface area is 122 Å². The van der Waals surface area contributed by atoms with Crippen LogP contribution < -0.4 is 5.32 Å². The number of ether oxygens (including phenoxy) is 1. The number of rotatable bonds is 8. The van der Waals surface area contributed by atoms with Crippen LogP contribution in [0.3, 0.4) is 0 Å². The van der Waals surface area contributed by atoms with Gasteiger partial charge < -0.3 is 10.1 Å². The van der Waals surface area contributed by atoms with E-state index >= 15 is 0 Å². The second kappa shape index (κ2) is 8.37. The van der Waals surface area contributed by atoms with Crippen LogP contribution in [0.1, 0.15) is 25.7 Å². The lowest BCUT2D eigenvalue weighted by molar-refractivity contribution is -0.383. The zero-order chi connectivity index (χ0) is 15.0. The topological polar surface area (TPSA) is 81.5 Å². The summed E-state index contributed by atoms with van der Waals surface area (Å²) in [5.74, 6) is -0.219. The highest BCUT2D eigenvalue weighted by molar-refractivity contribution is 6.33. The lowest BCUT2D eigenvalue weighted by atomic mass is 10.2. The maximum atomic E-state index is 10.9. The third-order valence-electron chi connectivity index (χ3n) is 2.77. The van der Waals surface area contributed by atoms with E-state index in [1.54, 1.807) is 12.1 Å². The van der Waals surface area contributed by atoms with Crippen LogP contribution >= 0.6 is 11.6 Å².